The molecule has 6 N–H and O–H groups in total. The number of nitrogens with two attached hydrogens (primary N) is 1. The van der Waals surface area contributed by atoms with E-state index in [1.54, 1.807) is 6.92 Å². The van der Waals surface area contributed by atoms with Gasteiger partial charge in [0.2, 0.25) is 5.91 Å². The molecule has 1 unspecified atom stereocenters. The summed E-state index contributed by atoms with van der Waals surface area (Å²) < 4.78 is 80.3. The lowest BCUT2D eigenvalue weighted by atomic mass is 10.0. The first-order valence-electron chi connectivity index (χ1n) is 11.4. The van der Waals surface area contributed by atoms with Gasteiger partial charge >= 0.3 is 12.3 Å². The molecular weight excluding hydrogens is 553 g/mol. The zero-order valence-corrected chi connectivity index (χ0v) is 21.5. The van der Waals surface area contributed by atoms with Crippen molar-refractivity contribution in [2.24, 2.45) is 5.73 Å². The number of aryl methyl sites for hydroxylation is 1. The molecule has 18 heteroatoms. The summed E-state index contributed by atoms with van der Waals surface area (Å²) in [5.41, 5.74) is 1.84. The highest BCUT2D eigenvalue weighted by Crippen LogP contribution is 2.40. The third kappa shape index (κ3) is 6.28. The van der Waals surface area contributed by atoms with Gasteiger partial charge < -0.3 is 30.7 Å². The number of halogens is 3. The fourth-order valence-electron chi connectivity index (χ4n) is 3.45. The minimum absolute atomic E-state index is 0.00175. The van der Waals surface area contributed by atoms with Gasteiger partial charge in [-0.25, -0.2) is 13.2 Å². The topological polar surface area (TPSA) is 198 Å². The highest BCUT2D eigenvalue weighted by molar-refractivity contribution is 7.93. The van der Waals surface area contributed by atoms with E-state index in [1.807, 2.05) is 5.32 Å². The number of ether oxygens (including phenoxy) is 2. The second-order valence-electron chi connectivity index (χ2n) is 8.53. The van der Waals surface area contributed by atoms with Crippen molar-refractivity contribution in [3.05, 3.63) is 24.4 Å². The van der Waals surface area contributed by atoms with Crippen LogP contribution in [-0.4, -0.2) is 84.5 Å². The van der Waals surface area contributed by atoms with Crippen LogP contribution < -0.4 is 30.1 Å². The van der Waals surface area contributed by atoms with Crippen LogP contribution in [0.4, 0.5) is 29.3 Å². The molecule has 0 bridgehead atoms. The summed E-state index contributed by atoms with van der Waals surface area (Å²) in [6.45, 7) is 0.707. The van der Waals surface area contributed by atoms with Crippen LogP contribution in [0.2, 0.25) is 0 Å². The summed E-state index contributed by atoms with van der Waals surface area (Å²) >= 11 is 0. The number of carboxylic acid groups (broad SMARTS) is 1. The maximum absolute atomic E-state index is 13.9. The maximum Gasteiger partial charge on any atom is 0.415 e. The zero-order chi connectivity index (χ0) is 29.2. The molecule has 2 atom stereocenters. The van der Waals surface area contributed by atoms with E-state index in [0.29, 0.717) is 6.92 Å². The Bertz CT molecular complexity index is 1330. The molecule has 2 heterocycles. The number of amides is 2. The number of benzene rings is 1. The number of carbonyl (C=O) groups is 2. The minimum Gasteiger partial charge on any atom is -0.484 e. The van der Waals surface area contributed by atoms with Crippen LogP contribution in [-0.2, 0) is 21.4 Å². The van der Waals surface area contributed by atoms with Gasteiger partial charge in [-0.05, 0) is 32.0 Å². The van der Waals surface area contributed by atoms with Crippen LogP contribution in [0.5, 0.6) is 11.6 Å². The lowest BCUT2D eigenvalue weighted by Gasteiger charge is -2.36. The Kier molecular flexibility index (Phi) is 8.51. The first-order chi connectivity index (χ1) is 18.1. The van der Waals surface area contributed by atoms with Gasteiger partial charge in [-0.1, -0.05) is 0 Å². The quantitative estimate of drug-likeness (QED) is 0.267. The van der Waals surface area contributed by atoms with Gasteiger partial charge in [-0.2, -0.15) is 13.2 Å². The van der Waals surface area contributed by atoms with Crippen LogP contribution in [0.15, 0.2) is 29.3 Å². The largest absolute Gasteiger partial charge is 0.484 e. The highest BCUT2D eigenvalue weighted by atomic mass is 32.2. The molecule has 2 aromatic rings. The van der Waals surface area contributed by atoms with E-state index in [1.165, 1.54) is 29.1 Å². The molecule has 3 rings (SSSR count). The molecule has 0 aliphatic carbocycles. The normalized spacial score (nSPS) is 17.0. The van der Waals surface area contributed by atoms with Crippen molar-refractivity contribution in [3.63, 3.8) is 0 Å². The molecule has 0 spiro atoms. The summed E-state index contributed by atoms with van der Waals surface area (Å²) in [4.78, 5) is 22.9. The van der Waals surface area contributed by atoms with Crippen molar-refractivity contribution in [1.29, 1.82) is 0 Å². The van der Waals surface area contributed by atoms with E-state index in [9.17, 15) is 31.2 Å². The molecule has 1 aliphatic heterocycles. The molecule has 216 valence electrons. The molecule has 39 heavy (non-hydrogen) atoms. The van der Waals surface area contributed by atoms with Gasteiger partial charge in [-0.3, -0.25) is 19.1 Å². The molecule has 1 aliphatic rings. The third-order valence-electron chi connectivity index (χ3n) is 5.61. The molecule has 0 saturated carbocycles. The number of fused-ring (bicyclic) bond motifs is 1. The number of hydrogen-bond donors (Lipinski definition) is 5. The number of nitrogens with one attached hydrogen (secondary N) is 2. The number of aliphatic hydroxyl groups excluding tert-OH is 1. The fraction of sp³-hybridized carbons (Fsp3) is 0.476. The zero-order valence-electron chi connectivity index (χ0n) is 20.7. The third-order valence-corrected chi connectivity index (χ3v) is 7.37. The Morgan fingerprint density at radius 2 is 2.03 bits per heavy atom. The molecule has 0 saturated heterocycles. The smallest absolute Gasteiger partial charge is 0.415 e. The van der Waals surface area contributed by atoms with Crippen LogP contribution >= 0.6 is 0 Å². The average molecular weight is 581 g/mol. The Labute approximate surface area is 220 Å². The second kappa shape index (κ2) is 11.1. The van der Waals surface area contributed by atoms with Crippen LogP contribution in [0.3, 0.4) is 0 Å². The monoisotopic (exact) mass is 580 g/mol. The molecular formula is C21H27F3N6O8S. The lowest BCUT2D eigenvalue weighted by molar-refractivity contribution is -0.187. The number of hydrogen-bond acceptors (Lipinski definition) is 9. The highest BCUT2D eigenvalue weighted by Gasteiger charge is 2.54. The molecule has 2 amide bonds. The standard InChI is InChI=1S/C21H27F3N6O8S/c1-3-29-11-16(17(28-29)37-7-6-31)39(35,36)30-10-13(9-26-18(32)20(2,25)21(22,23)24)38-15-5-4-12(8-14(15)30)27-19(33)34/h4-5,8,11,13,27,31H,3,6-7,9-10,25H2,1-2H3,(H,26,32)(H,33,34)/t13-,20?/m0/s1. The first-order valence-corrected chi connectivity index (χ1v) is 12.8. The number of anilines is 2. The number of alkyl halides is 3. The number of nitrogens with zero attached hydrogens (tertiary/aromatic N) is 3. The Morgan fingerprint density at radius 1 is 1.33 bits per heavy atom. The predicted octanol–water partition coefficient (Wildman–Crippen LogP) is 0.716. The molecule has 1 aromatic heterocycles. The Balaban J connectivity index is 2.01. The SMILES string of the molecule is CCn1cc(S(=O)(=O)N2C[C@H](CNC(=O)C(C)(N)C(F)(F)F)Oc3ccc(NC(=O)O)cc32)c(OCCO)n1. The number of aliphatic hydroxyl groups is 1. The van der Waals surface area contributed by atoms with Crippen molar-refractivity contribution >= 4 is 33.4 Å². The number of carbonyl (C=O) groups excluding carboxylic acids is 1. The summed E-state index contributed by atoms with van der Waals surface area (Å²) in [7, 11) is -4.52. The number of aromatic nitrogens is 2. The van der Waals surface area contributed by atoms with E-state index in [4.69, 9.17) is 25.4 Å². The van der Waals surface area contributed by atoms with Crippen molar-refractivity contribution < 1.29 is 50.9 Å². The maximum atomic E-state index is 13.9. The molecule has 1 aromatic carbocycles. The fourth-order valence-corrected chi connectivity index (χ4v) is 5.03. The van der Waals surface area contributed by atoms with Gasteiger partial charge in [0, 0.05) is 18.4 Å². The summed E-state index contributed by atoms with van der Waals surface area (Å²) in [5.74, 6) is -1.93. The molecule has 0 fully saturated rings. The van der Waals surface area contributed by atoms with Crippen molar-refractivity contribution in [3.8, 4) is 11.6 Å². The van der Waals surface area contributed by atoms with Gasteiger partial charge in [0.1, 0.15) is 18.5 Å². The van der Waals surface area contributed by atoms with E-state index in [0.717, 1.165) is 4.31 Å². The second-order valence-corrected chi connectivity index (χ2v) is 10.4. The minimum atomic E-state index is -5.05. The summed E-state index contributed by atoms with van der Waals surface area (Å²) in [6.07, 6.45) is -6.46. The van der Waals surface area contributed by atoms with Crippen molar-refractivity contribution in [1.82, 2.24) is 15.1 Å². The summed E-state index contributed by atoms with van der Waals surface area (Å²) in [5, 5.41) is 26.4. The van der Waals surface area contributed by atoms with E-state index in [2.05, 4.69) is 10.4 Å². The van der Waals surface area contributed by atoms with Crippen LogP contribution in [0.1, 0.15) is 13.8 Å². The Hall–Kier alpha value is -3.77. The van der Waals surface area contributed by atoms with E-state index < -0.39 is 64.4 Å². The van der Waals surface area contributed by atoms with Gasteiger partial charge in [0.25, 0.3) is 15.9 Å². The van der Waals surface area contributed by atoms with Gasteiger partial charge in [0.05, 0.1) is 25.4 Å². The Morgan fingerprint density at radius 3 is 2.62 bits per heavy atom. The van der Waals surface area contributed by atoms with Gasteiger partial charge in [0.15, 0.2) is 10.4 Å². The first kappa shape index (κ1) is 29.8. The van der Waals surface area contributed by atoms with E-state index in [-0.39, 0.29) is 36.2 Å². The van der Waals surface area contributed by atoms with Crippen LogP contribution in [0.25, 0.3) is 0 Å². The lowest BCUT2D eigenvalue weighted by Crippen LogP contribution is -2.62. The van der Waals surface area contributed by atoms with Gasteiger partial charge in [-0.15, -0.1) is 5.10 Å². The summed E-state index contributed by atoms with van der Waals surface area (Å²) in [6, 6.07) is 3.73. The predicted molar refractivity (Wildman–Crippen MR) is 129 cm³/mol. The van der Waals surface area contributed by atoms with Crippen molar-refractivity contribution in [2.75, 3.05) is 35.9 Å². The number of sulfonamides is 1. The molecule has 0 radical (unpaired) electrons. The van der Waals surface area contributed by atoms with Crippen molar-refractivity contribution in [2.45, 2.75) is 43.1 Å². The molecule has 14 nitrogen and oxygen atoms in total. The van der Waals surface area contributed by atoms with E-state index >= 15 is 0 Å². The van der Waals surface area contributed by atoms with Crippen LogP contribution in [0, 0.1) is 0 Å². The average Bonchev–Trinajstić information content (AvgIpc) is 3.28. The number of rotatable bonds is 10.